The summed E-state index contributed by atoms with van der Waals surface area (Å²) in [5, 5.41) is 0. The van der Waals surface area contributed by atoms with E-state index < -0.39 is 0 Å². The summed E-state index contributed by atoms with van der Waals surface area (Å²) in [4.78, 5) is 7.79. The lowest BCUT2D eigenvalue weighted by Gasteiger charge is -2.19. The second kappa shape index (κ2) is 6.92. The number of aromatic nitrogens is 1. The van der Waals surface area contributed by atoms with Crippen LogP contribution in [0.3, 0.4) is 0 Å². The van der Waals surface area contributed by atoms with Crippen LogP contribution in [0.25, 0.3) is 0 Å². The molecule has 0 aliphatic rings. The summed E-state index contributed by atoms with van der Waals surface area (Å²) >= 11 is 1.68. The van der Waals surface area contributed by atoms with Crippen LogP contribution < -0.4 is 5.73 Å². The van der Waals surface area contributed by atoms with Gasteiger partial charge in [-0.05, 0) is 38.1 Å². The van der Waals surface area contributed by atoms with E-state index in [0.29, 0.717) is 0 Å². The first kappa shape index (κ1) is 15.1. The third-order valence-corrected chi connectivity index (χ3v) is 4.30. The Labute approximate surface area is 123 Å². The van der Waals surface area contributed by atoms with Crippen LogP contribution in [0.1, 0.15) is 28.6 Å². The van der Waals surface area contributed by atoms with Crippen molar-refractivity contribution in [2.24, 2.45) is 5.73 Å². The van der Waals surface area contributed by atoms with Crippen LogP contribution in [0.4, 0.5) is 4.39 Å². The highest BCUT2D eigenvalue weighted by atomic mass is 32.1. The molecule has 20 heavy (non-hydrogen) atoms. The number of thiazole rings is 1. The van der Waals surface area contributed by atoms with Gasteiger partial charge in [0.25, 0.3) is 0 Å². The van der Waals surface area contributed by atoms with E-state index in [1.54, 1.807) is 23.5 Å². The molecule has 1 heterocycles. The molecule has 0 radical (unpaired) electrons. The van der Waals surface area contributed by atoms with Crippen LogP contribution in [0.2, 0.25) is 0 Å². The first-order chi connectivity index (χ1) is 9.56. The Kier molecular flexibility index (Phi) is 5.23. The summed E-state index contributed by atoms with van der Waals surface area (Å²) < 4.78 is 12.9. The molecule has 0 saturated heterocycles. The Morgan fingerprint density at radius 3 is 2.65 bits per heavy atom. The Bertz CT molecular complexity index is 538. The first-order valence-electron chi connectivity index (χ1n) is 6.65. The van der Waals surface area contributed by atoms with Crippen LogP contribution in [0, 0.1) is 12.7 Å². The van der Waals surface area contributed by atoms with E-state index in [1.807, 2.05) is 12.4 Å². The maximum atomic E-state index is 12.9. The summed E-state index contributed by atoms with van der Waals surface area (Å²) in [5.41, 5.74) is 10.1. The van der Waals surface area contributed by atoms with Gasteiger partial charge in [0.05, 0.1) is 11.2 Å². The Balaban J connectivity index is 1.82. The lowest BCUT2D eigenvalue weighted by molar-refractivity contribution is 0.313. The minimum Gasteiger partial charge on any atom is -0.324 e. The number of aryl methyl sites for hydroxylation is 1. The molecule has 1 unspecified atom stereocenters. The maximum absolute atomic E-state index is 12.9. The molecular formula is C15H20FN3S. The Hall–Kier alpha value is -1.30. The van der Waals surface area contributed by atoms with Gasteiger partial charge in [-0.1, -0.05) is 12.1 Å². The van der Waals surface area contributed by atoms with Crippen molar-refractivity contribution in [1.82, 2.24) is 9.88 Å². The molecular weight excluding hydrogens is 273 g/mol. The van der Waals surface area contributed by atoms with Gasteiger partial charge in [-0.15, -0.1) is 11.3 Å². The van der Waals surface area contributed by atoms with Gasteiger partial charge in [-0.2, -0.15) is 0 Å². The molecule has 0 aliphatic carbocycles. The predicted molar refractivity (Wildman–Crippen MR) is 81.1 cm³/mol. The van der Waals surface area contributed by atoms with Crippen LogP contribution in [0.5, 0.6) is 0 Å². The van der Waals surface area contributed by atoms with Crippen molar-refractivity contribution in [2.45, 2.75) is 25.9 Å². The second-order valence-electron chi connectivity index (χ2n) is 5.05. The highest BCUT2D eigenvalue weighted by Crippen LogP contribution is 2.17. The summed E-state index contributed by atoms with van der Waals surface area (Å²) in [6.07, 6.45) is 0.847. The normalized spacial score (nSPS) is 12.8. The van der Waals surface area contributed by atoms with Crippen molar-refractivity contribution in [1.29, 1.82) is 0 Å². The van der Waals surface area contributed by atoms with E-state index in [1.165, 1.54) is 17.0 Å². The summed E-state index contributed by atoms with van der Waals surface area (Å²) in [6, 6.07) is 6.38. The second-order valence-corrected chi connectivity index (χ2v) is 5.98. The van der Waals surface area contributed by atoms with E-state index in [-0.39, 0.29) is 11.9 Å². The topological polar surface area (TPSA) is 42.2 Å². The fraction of sp³-hybridized carbons (Fsp3) is 0.400. The SMILES string of the molecule is Cc1ncsc1CN(C)CCC(N)c1ccc(F)cc1. The van der Waals surface area contributed by atoms with Crippen LogP contribution in [0.15, 0.2) is 29.8 Å². The zero-order valence-electron chi connectivity index (χ0n) is 11.8. The van der Waals surface area contributed by atoms with Gasteiger partial charge >= 0.3 is 0 Å². The van der Waals surface area contributed by atoms with Gasteiger partial charge in [-0.3, -0.25) is 0 Å². The van der Waals surface area contributed by atoms with E-state index in [4.69, 9.17) is 5.73 Å². The van der Waals surface area contributed by atoms with Gasteiger partial charge in [0.2, 0.25) is 0 Å². The van der Waals surface area contributed by atoms with Crippen molar-refractivity contribution in [3.8, 4) is 0 Å². The fourth-order valence-corrected chi connectivity index (χ4v) is 2.89. The fourth-order valence-electron chi connectivity index (χ4n) is 2.04. The zero-order valence-corrected chi connectivity index (χ0v) is 12.7. The van der Waals surface area contributed by atoms with E-state index in [2.05, 4.69) is 16.9 Å². The molecule has 0 spiro atoms. The van der Waals surface area contributed by atoms with Crippen molar-refractivity contribution in [3.63, 3.8) is 0 Å². The molecule has 1 aromatic carbocycles. The van der Waals surface area contributed by atoms with Crippen LogP contribution >= 0.6 is 11.3 Å². The third kappa shape index (κ3) is 4.10. The van der Waals surface area contributed by atoms with E-state index in [0.717, 1.165) is 30.8 Å². The molecule has 0 saturated carbocycles. The number of nitrogens with two attached hydrogens (primary N) is 1. The Morgan fingerprint density at radius 1 is 1.35 bits per heavy atom. The quantitative estimate of drug-likeness (QED) is 0.890. The number of hydrogen-bond donors (Lipinski definition) is 1. The number of halogens is 1. The standard InChI is InChI=1S/C15H20FN3S/c1-11-15(20-10-18-11)9-19(2)8-7-14(17)12-3-5-13(16)6-4-12/h3-6,10,14H,7-9,17H2,1-2H3. The highest BCUT2D eigenvalue weighted by molar-refractivity contribution is 7.09. The maximum Gasteiger partial charge on any atom is 0.123 e. The number of nitrogens with zero attached hydrogens (tertiary/aromatic N) is 2. The molecule has 1 aromatic heterocycles. The first-order valence-corrected chi connectivity index (χ1v) is 7.53. The smallest absolute Gasteiger partial charge is 0.123 e. The molecule has 108 valence electrons. The van der Waals surface area contributed by atoms with Gasteiger partial charge in [0.1, 0.15) is 5.82 Å². The Morgan fingerprint density at radius 2 is 2.05 bits per heavy atom. The average Bonchev–Trinajstić information content (AvgIpc) is 2.82. The minimum absolute atomic E-state index is 0.0550. The molecule has 0 amide bonds. The number of benzene rings is 1. The lowest BCUT2D eigenvalue weighted by atomic mass is 10.0. The lowest BCUT2D eigenvalue weighted by Crippen LogP contribution is -2.23. The highest BCUT2D eigenvalue weighted by Gasteiger charge is 2.10. The third-order valence-electron chi connectivity index (χ3n) is 3.38. The molecule has 0 bridgehead atoms. The monoisotopic (exact) mass is 293 g/mol. The van der Waals surface area contributed by atoms with E-state index in [9.17, 15) is 4.39 Å². The summed E-state index contributed by atoms with van der Waals surface area (Å²) in [5.74, 6) is -0.223. The van der Waals surface area contributed by atoms with Crippen molar-refractivity contribution < 1.29 is 4.39 Å². The van der Waals surface area contributed by atoms with Crippen molar-refractivity contribution in [3.05, 3.63) is 51.7 Å². The van der Waals surface area contributed by atoms with Crippen molar-refractivity contribution >= 4 is 11.3 Å². The summed E-state index contributed by atoms with van der Waals surface area (Å²) in [7, 11) is 2.08. The van der Waals surface area contributed by atoms with Gasteiger partial charge in [0.15, 0.2) is 0 Å². The van der Waals surface area contributed by atoms with Crippen LogP contribution in [-0.2, 0) is 6.54 Å². The molecule has 2 rings (SSSR count). The zero-order chi connectivity index (χ0) is 14.5. The number of hydrogen-bond acceptors (Lipinski definition) is 4. The molecule has 0 fully saturated rings. The minimum atomic E-state index is -0.223. The number of rotatable bonds is 6. The largest absolute Gasteiger partial charge is 0.324 e. The molecule has 3 nitrogen and oxygen atoms in total. The van der Waals surface area contributed by atoms with Crippen molar-refractivity contribution in [2.75, 3.05) is 13.6 Å². The molecule has 2 N–H and O–H groups in total. The average molecular weight is 293 g/mol. The molecule has 0 aliphatic heterocycles. The van der Waals surface area contributed by atoms with Gasteiger partial charge < -0.3 is 10.6 Å². The molecule has 5 heteroatoms. The van der Waals surface area contributed by atoms with Crippen LogP contribution in [-0.4, -0.2) is 23.5 Å². The van der Waals surface area contributed by atoms with E-state index >= 15 is 0 Å². The molecule has 1 atom stereocenters. The molecule has 2 aromatic rings. The van der Waals surface area contributed by atoms with Gasteiger partial charge in [-0.25, -0.2) is 9.37 Å². The summed E-state index contributed by atoms with van der Waals surface area (Å²) in [6.45, 7) is 3.83. The predicted octanol–water partition coefficient (Wildman–Crippen LogP) is 3.11. The van der Waals surface area contributed by atoms with Gasteiger partial charge in [0, 0.05) is 24.0 Å².